The molecule has 0 aliphatic rings. The van der Waals surface area contributed by atoms with Gasteiger partial charge < -0.3 is 19.6 Å². The van der Waals surface area contributed by atoms with Crippen LogP contribution in [-0.4, -0.2) is 36.3 Å². The zero-order chi connectivity index (χ0) is 22.2. The zero-order valence-electron chi connectivity index (χ0n) is 17.3. The predicted octanol–water partition coefficient (Wildman–Crippen LogP) is 3.23. The van der Waals surface area contributed by atoms with Gasteiger partial charge >= 0.3 is 0 Å². The highest BCUT2D eigenvalue weighted by atomic mass is 32.2. The summed E-state index contributed by atoms with van der Waals surface area (Å²) in [6, 6.07) is 12.6. The van der Waals surface area contributed by atoms with E-state index >= 15 is 0 Å². The fourth-order valence-electron chi connectivity index (χ4n) is 3.54. The molecule has 0 bridgehead atoms. The molecule has 160 valence electrons. The van der Waals surface area contributed by atoms with Gasteiger partial charge in [0.15, 0.2) is 9.84 Å². The number of nitrogens with zero attached hydrogens (tertiary/aromatic N) is 2. The van der Waals surface area contributed by atoms with Crippen LogP contribution in [0.25, 0.3) is 22.0 Å². The van der Waals surface area contributed by atoms with E-state index in [0.717, 1.165) is 22.2 Å². The van der Waals surface area contributed by atoms with Crippen LogP contribution in [0, 0.1) is 0 Å². The van der Waals surface area contributed by atoms with Crippen LogP contribution in [0.1, 0.15) is 5.56 Å². The standard InChI is InChI=1S/C22H22N4O4S/c1-26-12-17(15-9-10-23-21(15)22(26)27)16-11-14(13-31(3,28)29)7-8-18(16)24-19-5-4-6-20(25-19)30-2/h4-12,23H,13H2,1-3H3,(H,24,25). The van der Waals surface area contributed by atoms with Crippen molar-refractivity contribution < 1.29 is 13.2 Å². The molecule has 0 atom stereocenters. The first kappa shape index (κ1) is 20.7. The Balaban J connectivity index is 1.92. The van der Waals surface area contributed by atoms with Gasteiger partial charge in [-0.3, -0.25) is 4.79 Å². The summed E-state index contributed by atoms with van der Waals surface area (Å²) >= 11 is 0. The molecular formula is C22H22N4O4S. The molecule has 0 fully saturated rings. The van der Waals surface area contributed by atoms with Crippen molar-refractivity contribution in [3.63, 3.8) is 0 Å². The minimum atomic E-state index is -3.21. The first-order valence-electron chi connectivity index (χ1n) is 9.51. The highest BCUT2D eigenvalue weighted by molar-refractivity contribution is 7.89. The van der Waals surface area contributed by atoms with Crippen LogP contribution >= 0.6 is 0 Å². The molecule has 1 aromatic carbocycles. The second kappa shape index (κ2) is 7.92. The molecule has 2 N–H and O–H groups in total. The maximum absolute atomic E-state index is 12.5. The van der Waals surface area contributed by atoms with Gasteiger partial charge in [-0.15, -0.1) is 0 Å². The first-order valence-corrected chi connectivity index (χ1v) is 11.6. The van der Waals surface area contributed by atoms with E-state index in [9.17, 15) is 13.2 Å². The Labute approximate surface area is 179 Å². The second-order valence-electron chi connectivity index (χ2n) is 7.37. The number of benzene rings is 1. The lowest BCUT2D eigenvalue weighted by molar-refractivity contribution is 0.398. The van der Waals surface area contributed by atoms with Gasteiger partial charge in [0, 0.05) is 54.0 Å². The molecule has 0 radical (unpaired) electrons. The Morgan fingerprint density at radius 1 is 1.16 bits per heavy atom. The van der Waals surface area contributed by atoms with Gasteiger partial charge in [-0.25, -0.2) is 8.42 Å². The monoisotopic (exact) mass is 438 g/mol. The van der Waals surface area contributed by atoms with E-state index in [2.05, 4.69) is 15.3 Å². The van der Waals surface area contributed by atoms with Crippen molar-refractivity contribution in [1.29, 1.82) is 0 Å². The molecule has 0 saturated carbocycles. The third-order valence-corrected chi connectivity index (χ3v) is 5.75. The van der Waals surface area contributed by atoms with E-state index in [1.807, 2.05) is 30.3 Å². The SMILES string of the molecule is COc1cccc(Nc2ccc(CS(C)(=O)=O)cc2-c2cn(C)c(=O)c3[nH]ccc23)n1. The van der Waals surface area contributed by atoms with Crippen LogP contribution in [0.2, 0.25) is 0 Å². The molecule has 9 heteroatoms. The number of fused-ring (bicyclic) bond motifs is 1. The number of aromatic amines is 1. The van der Waals surface area contributed by atoms with Crippen LogP contribution in [0.15, 0.2) is 59.7 Å². The quantitative estimate of drug-likeness (QED) is 0.479. The van der Waals surface area contributed by atoms with Crippen molar-refractivity contribution in [1.82, 2.24) is 14.5 Å². The summed E-state index contributed by atoms with van der Waals surface area (Å²) < 4.78 is 30.5. The number of aromatic nitrogens is 3. The average Bonchev–Trinajstić information content (AvgIpc) is 3.21. The zero-order valence-corrected chi connectivity index (χ0v) is 18.2. The molecule has 0 spiro atoms. The van der Waals surface area contributed by atoms with E-state index in [4.69, 9.17) is 4.74 Å². The molecule has 3 aromatic heterocycles. The smallest absolute Gasteiger partial charge is 0.274 e. The number of pyridine rings is 2. The molecule has 0 aliphatic carbocycles. The van der Waals surface area contributed by atoms with Crippen molar-refractivity contribution >= 4 is 32.2 Å². The fourth-order valence-corrected chi connectivity index (χ4v) is 4.32. The maximum atomic E-state index is 12.5. The van der Waals surface area contributed by atoms with Crippen molar-refractivity contribution in [2.24, 2.45) is 7.05 Å². The van der Waals surface area contributed by atoms with Crippen molar-refractivity contribution in [3.05, 3.63) is 70.8 Å². The number of nitrogens with one attached hydrogen (secondary N) is 2. The van der Waals surface area contributed by atoms with Gasteiger partial charge in [-0.05, 0) is 29.8 Å². The van der Waals surface area contributed by atoms with Crippen LogP contribution < -0.4 is 15.6 Å². The summed E-state index contributed by atoms with van der Waals surface area (Å²) in [5.41, 5.74) is 3.27. The molecule has 0 saturated heterocycles. The van der Waals surface area contributed by atoms with Crippen molar-refractivity contribution in [2.75, 3.05) is 18.7 Å². The topological polar surface area (TPSA) is 106 Å². The van der Waals surface area contributed by atoms with Crippen LogP contribution in [0.5, 0.6) is 5.88 Å². The van der Waals surface area contributed by atoms with Gasteiger partial charge in [0.2, 0.25) is 5.88 Å². The second-order valence-corrected chi connectivity index (χ2v) is 9.51. The number of anilines is 2. The Hall–Kier alpha value is -3.59. The number of hydrogen-bond acceptors (Lipinski definition) is 6. The minimum absolute atomic E-state index is 0.0836. The van der Waals surface area contributed by atoms with E-state index in [-0.39, 0.29) is 11.3 Å². The first-order chi connectivity index (χ1) is 14.7. The number of hydrogen-bond donors (Lipinski definition) is 2. The molecule has 3 heterocycles. The minimum Gasteiger partial charge on any atom is -0.481 e. The highest BCUT2D eigenvalue weighted by Crippen LogP contribution is 2.35. The third kappa shape index (κ3) is 4.31. The summed E-state index contributed by atoms with van der Waals surface area (Å²) in [5.74, 6) is 0.960. The lowest BCUT2D eigenvalue weighted by Gasteiger charge is -2.16. The van der Waals surface area contributed by atoms with Crippen molar-refractivity contribution in [3.8, 4) is 17.0 Å². The summed E-state index contributed by atoms with van der Waals surface area (Å²) in [5, 5.41) is 4.04. The normalized spacial score (nSPS) is 11.6. The van der Waals surface area contributed by atoms with E-state index in [0.29, 0.717) is 22.8 Å². The Kier molecular flexibility index (Phi) is 5.28. The van der Waals surface area contributed by atoms with E-state index in [1.165, 1.54) is 10.8 Å². The van der Waals surface area contributed by atoms with Crippen molar-refractivity contribution in [2.45, 2.75) is 5.75 Å². The summed E-state index contributed by atoms with van der Waals surface area (Å²) in [6.45, 7) is 0. The average molecular weight is 439 g/mol. The van der Waals surface area contributed by atoms with E-state index in [1.54, 1.807) is 38.7 Å². The van der Waals surface area contributed by atoms with Gasteiger partial charge in [-0.1, -0.05) is 12.1 Å². The fraction of sp³-hybridized carbons (Fsp3) is 0.182. The summed E-state index contributed by atoms with van der Waals surface area (Å²) in [4.78, 5) is 19.9. The molecule has 4 aromatic rings. The molecule has 8 nitrogen and oxygen atoms in total. The summed E-state index contributed by atoms with van der Waals surface area (Å²) in [6.07, 6.45) is 4.67. The lowest BCUT2D eigenvalue weighted by atomic mass is 9.99. The Bertz CT molecular complexity index is 1440. The van der Waals surface area contributed by atoms with Crippen LogP contribution in [0.4, 0.5) is 11.5 Å². The molecule has 4 rings (SSSR count). The molecule has 31 heavy (non-hydrogen) atoms. The highest BCUT2D eigenvalue weighted by Gasteiger charge is 2.16. The third-order valence-electron chi connectivity index (χ3n) is 4.89. The van der Waals surface area contributed by atoms with E-state index < -0.39 is 9.84 Å². The number of H-pyrrole nitrogens is 1. The van der Waals surface area contributed by atoms with Gasteiger partial charge in [0.05, 0.1) is 12.9 Å². The largest absolute Gasteiger partial charge is 0.481 e. The number of rotatable bonds is 6. The molecular weight excluding hydrogens is 416 g/mol. The number of sulfone groups is 1. The number of aryl methyl sites for hydroxylation is 1. The van der Waals surface area contributed by atoms with Gasteiger partial charge in [-0.2, -0.15) is 4.98 Å². The molecule has 0 amide bonds. The van der Waals surface area contributed by atoms with Gasteiger partial charge in [0.1, 0.15) is 11.3 Å². The Morgan fingerprint density at radius 3 is 2.71 bits per heavy atom. The van der Waals surface area contributed by atoms with Crippen LogP contribution in [0.3, 0.4) is 0 Å². The maximum Gasteiger partial charge on any atom is 0.274 e. The summed E-state index contributed by atoms with van der Waals surface area (Å²) in [7, 11) is 0.0159. The van der Waals surface area contributed by atoms with Crippen LogP contribution in [-0.2, 0) is 22.6 Å². The number of methoxy groups -OCH3 is 1. The molecule has 0 unspecified atom stereocenters. The predicted molar refractivity (Wildman–Crippen MR) is 122 cm³/mol. The number of ether oxygens (including phenoxy) is 1. The lowest BCUT2D eigenvalue weighted by Crippen LogP contribution is -2.16. The van der Waals surface area contributed by atoms with Gasteiger partial charge in [0.25, 0.3) is 5.56 Å². The molecule has 0 aliphatic heterocycles. The Morgan fingerprint density at radius 2 is 1.97 bits per heavy atom.